The van der Waals surface area contributed by atoms with Crippen molar-refractivity contribution in [2.24, 2.45) is 5.92 Å². The lowest BCUT2D eigenvalue weighted by Gasteiger charge is -2.39. The van der Waals surface area contributed by atoms with Gasteiger partial charge in [0.1, 0.15) is 6.33 Å². The quantitative estimate of drug-likeness (QED) is 0.770. The number of nitrogens with zero attached hydrogens (tertiary/aromatic N) is 4. The number of carbonyl (C=O) groups excluding carboxylic acids is 1. The van der Waals surface area contributed by atoms with Gasteiger partial charge >= 0.3 is 6.03 Å². The van der Waals surface area contributed by atoms with Gasteiger partial charge in [0.2, 0.25) is 0 Å². The first kappa shape index (κ1) is 17.3. The van der Waals surface area contributed by atoms with E-state index in [4.69, 9.17) is 0 Å². The van der Waals surface area contributed by atoms with Crippen molar-refractivity contribution in [1.29, 1.82) is 0 Å². The number of urea groups is 1. The summed E-state index contributed by atoms with van der Waals surface area (Å²) in [6.45, 7) is 1.85. The molecule has 1 aromatic carbocycles. The maximum atomic E-state index is 12.4. The molecule has 0 bridgehead atoms. The summed E-state index contributed by atoms with van der Waals surface area (Å²) in [5, 5.41) is 26.6. The van der Waals surface area contributed by atoms with Crippen LogP contribution in [0.3, 0.4) is 0 Å². The molecule has 25 heavy (non-hydrogen) atoms. The minimum Gasteiger partial charge on any atom is -0.394 e. The number of tetrazole rings is 1. The van der Waals surface area contributed by atoms with Crippen LogP contribution in [0.15, 0.2) is 30.6 Å². The third-order valence-corrected chi connectivity index (χ3v) is 4.97. The van der Waals surface area contributed by atoms with Crippen molar-refractivity contribution < 1.29 is 9.90 Å². The van der Waals surface area contributed by atoms with Crippen LogP contribution in [-0.4, -0.2) is 43.5 Å². The molecular formula is C17H24N6O2. The lowest BCUT2D eigenvalue weighted by atomic mass is 9.76. The normalized spacial score (nSPS) is 17.7. The fourth-order valence-corrected chi connectivity index (χ4v) is 3.41. The van der Waals surface area contributed by atoms with E-state index >= 15 is 0 Å². The molecular weight excluding hydrogens is 320 g/mol. The summed E-state index contributed by atoms with van der Waals surface area (Å²) < 4.78 is 1.54. The van der Waals surface area contributed by atoms with Crippen molar-refractivity contribution >= 4 is 11.7 Å². The Kier molecular flexibility index (Phi) is 5.28. The molecule has 0 radical (unpaired) electrons. The zero-order chi connectivity index (χ0) is 17.7. The van der Waals surface area contributed by atoms with Crippen molar-refractivity contribution in [3.63, 3.8) is 0 Å². The average molecular weight is 344 g/mol. The molecule has 1 fully saturated rings. The molecule has 1 saturated carbocycles. The summed E-state index contributed by atoms with van der Waals surface area (Å²) in [6.07, 6.45) is 7.13. The van der Waals surface area contributed by atoms with E-state index in [-0.39, 0.29) is 12.6 Å². The molecule has 8 heteroatoms. The van der Waals surface area contributed by atoms with E-state index in [1.807, 2.05) is 19.1 Å². The van der Waals surface area contributed by atoms with Gasteiger partial charge in [-0.1, -0.05) is 19.3 Å². The molecule has 0 aliphatic heterocycles. The number of aromatic nitrogens is 4. The Hall–Kier alpha value is -2.48. The monoisotopic (exact) mass is 344 g/mol. The molecule has 134 valence electrons. The first-order chi connectivity index (χ1) is 12.1. The van der Waals surface area contributed by atoms with E-state index in [1.165, 1.54) is 17.4 Å². The highest BCUT2D eigenvalue weighted by Crippen LogP contribution is 2.32. The number of aliphatic hydroxyl groups excluding tert-OH is 1. The summed E-state index contributed by atoms with van der Waals surface area (Å²) in [4.78, 5) is 12.4. The molecule has 1 heterocycles. The van der Waals surface area contributed by atoms with Gasteiger partial charge in [-0.25, -0.2) is 9.48 Å². The molecule has 3 rings (SSSR count). The van der Waals surface area contributed by atoms with Crippen LogP contribution in [0.25, 0.3) is 5.69 Å². The molecule has 1 atom stereocenters. The van der Waals surface area contributed by atoms with Gasteiger partial charge in [-0.15, -0.1) is 5.10 Å². The highest BCUT2D eigenvalue weighted by atomic mass is 16.3. The van der Waals surface area contributed by atoms with Crippen molar-refractivity contribution in [2.75, 3.05) is 11.9 Å². The second-order valence-corrected chi connectivity index (χ2v) is 6.79. The number of carbonyl (C=O) groups is 1. The van der Waals surface area contributed by atoms with Crippen molar-refractivity contribution in [2.45, 2.75) is 44.6 Å². The van der Waals surface area contributed by atoms with Crippen LogP contribution in [0.2, 0.25) is 0 Å². The maximum absolute atomic E-state index is 12.4. The molecule has 1 aliphatic rings. The maximum Gasteiger partial charge on any atom is 0.319 e. The molecule has 8 nitrogen and oxygen atoms in total. The van der Waals surface area contributed by atoms with E-state index in [0.29, 0.717) is 11.6 Å². The fourth-order valence-electron chi connectivity index (χ4n) is 3.41. The molecule has 2 aromatic rings. The Bertz CT molecular complexity index is 682. The summed E-state index contributed by atoms with van der Waals surface area (Å²) >= 11 is 0. The second kappa shape index (κ2) is 7.60. The Labute approximate surface area is 146 Å². The third kappa shape index (κ3) is 4.14. The third-order valence-electron chi connectivity index (χ3n) is 4.97. The topological polar surface area (TPSA) is 105 Å². The van der Waals surface area contributed by atoms with Crippen LogP contribution in [0, 0.1) is 5.92 Å². The first-order valence-corrected chi connectivity index (χ1v) is 8.64. The van der Waals surface area contributed by atoms with Gasteiger partial charge in [-0.2, -0.15) is 0 Å². The number of benzene rings is 1. The largest absolute Gasteiger partial charge is 0.394 e. The minimum atomic E-state index is -0.600. The predicted molar refractivity (Wildman–Crippen MR) is 93.4 cm³/mol. The molecule has 1 aromatic heterocycles. The fraction of sp³-hybridized carbons (Fsp3) is 0.529. The van der Waals surface area contributed by atoms with Crippen molar-refractivity contribution in [3.8, 4) is 5.69 Å². The highest BCUT2D eigenvalue weighted by Gasteiger charge is 2.35. The Morgan fingerprint density at radius 3 is 2.60 bits per heavy atom. The summed E-state index contributed by atoms with van der Waals surface area (Å²) in [6, 6.07) is 6.90. The standard InChI is InChI=1S/C17H24N6O2/c1-17(11-24,13-5-3-2-4-6-13)20-16(25)19-14-7-9-15(10-8-14)23-12-18-21-22-23/h7-10,12-13,24H,2-6,11H2,1H3,(H2,19,20,25). The van der Waals surface area contributed by atoms with Crippen LogP contribution in [0.4, 0.5) is 10.5 Å². The van der Waals surface area contributed by atoms with E-state index in [1.54, 1.807) is 12.1 Å². The molecule has 0 spiro atoms. The zero-order valence-corrected chi connectivity index (χ0v) is 14.4. The van der Waals surface area contributed by atoms with Gasteiger partial charge in [-0.05, 0) is 60.4 Å². The lowest BCUT2D eigenvalue weighted by molar-refractivity contribution is 0.103. The van der Waals surface area contributed by atoms with Crippen LogP contribution >= 0.6 is 0 Å². The number of anilines is 1. The smallest absolute Gasteiger partial charge is 0.319 e. The Morgan fingerprint density at radius 1 is 1.28 bits per heavy atom. The van der Waals surface area contributed by atoms with E-state index in [9.17, 15) is 9.90 Å². The summed E-state index contributed by atoms with van der Waals surface area (Å²) in [5.41, 5.74) is 0.869. The van der Waals surface area contributed by atoms with Gasteiger partial charge < -0.3 is 15.7 Å². The average Bonchev–Trinajstić information content (AvgIpc) is 3.17. The number of rotatable bonds is 5. The second-order valence-electron chi connectivity index (χ2n) is 6.79. The van der Waals surface area contributed by atoms with Crippen LogP contribution in [0.1, 0.15) is 39.0 Å². The van der Waals surface area contributed by atoms with Crippen LogP contribution in [0.5, 0.6) is 0 Å². The number of amides is 2. The summed E-state index contributed by atoms with van der Waals surface area (Å²) in [5.74, 6) is 0.305. The SMILES string of the molecule is CC(CO)(NC(=O)Nc1ccc(-n2cnnn2)cc1)C1CCCCC1. The molecule has 1 unspecified atom stereocenters. The minimum absolute atomic E-state index is 0.0661. The van der Waals surface area contributed by atoms with E-state index in [0.717, 1.165) is 31.4 Å². The van der Waals surface area contributed by atoms with Crippen molar-refractivity contribution in [3.05, 3.63) is 30.6 Å². The molecule has 1 aliphatic carbocycles. The van der Waals surface area contributed by atoms with Gasteiger partial charge in [0, 0.05) is 5.69 Å². The molecule has 2 amide bonds. The number of hydrogen-bond donors (Lipinski definition) is 3. The molecule has 0 saturated heterocycles. The Balaban J connectivity index is 1.61. The summed E-state index contributed by atoms with van der Waals surface area (Å²) in [7, 11) is 0. The van der Waals surface area contributed by atoms with Crippen LogP contribution < -0.4 is 10.6 Å². The Morgan fingerprint density at radius 2 is 2.00 bits per heavy atom. The lowest BCUT2D eigenvalue weighted by Crippen LogP contribution is -2.55. The number of nitrogens with one attached hydrogen (secondary N) is 2. The highest BCUT2D eigenvalue weighted by molar-refractivity contribution is 5.89. The number of aliphatic hydroxyl groups is 1. The van der Waals surface area contributed by atoms with Crippen molar-refractivity contribution in [1.82, 2.24) is 25.5 Å². The van der Waals surface area contributed by atoms with E-state index in [2.05, 4.69) is 26.2 Å². The molecule has 3 N–H and O–H groups in total. The van der Waals surface area contributed by atoms with Gasteiger partial charge in [0.05, 0.1) is 17.8 Å². The first-order valence-electron chi connectivity index (χ1n) is 8.64. The van der Waals surface area contributed by atoms with E-state index < -0.39 is 5.54 Å². The van der Waals surface area contributed by atoms with Gasteiger partial charge in [0.15, 0.2) is 0 Å². The zero-order valence-electron chi connectivity index (χ0n) is 14.4. The van der Waals surface area contributed by atoms with Gasteiger partial charge in [-0.3, -0.25) is 0 Å². The van der Waals surface area contributed by atoms with Crippen LogP contribution in [-0.2, 0) is 0 Å². The van der Waals surface area contributed by atoms with Gasteiger partial charge in [0.25, 0.3) is 0 Å². The number of hydrogen-bond acceptors (Lipinski definition) is 5. The predicted octanol–water partition coefficient (Wildman–Crippen LogP) is 2.12.